The van der Waals surface area contributed by atoms with Gasteiger partial charge in [0.15, 0.2) is 0 Å². The molecule has 2 N–H and O–H groups in total. The lowest BCUT2D eigenvalue weighted by atomic mass is 9.48. The molecule has 1 heterocycles. The van der Waals surface area contributed by atoms with E-state index < -0.39 is 5.60 Å². The summed E-state index contributed by atoms with van der Waals surface area (Å²) in [6.45, 7) is 12.9. The van der Waals surface area contributed by atoms with Crippen LogP contribution in [-0.4, -0.2) is 35.1 Å². The van der Waals surface area contributed by atoms with Crippen LogP contribution in [0.4, 0.5) is 0 Å². The van der Waals surface area contributed by atoms with E-state index in [9.17, 15) is 10.2 Å². The average molecular weight is 419 g/mol. The van der Waals surface area contributed by atoms with E-state index >= 15 is 0 Å². The molecule has 0 radical (unpaired) electrons. The van der Waals surface area contributed by atoms with Gasteiger partial charge in [0.1, 0.15) is 5.60 Å². The van der Waals surface area contributed by atoms with Gasteiger partial charge in [0, 0.05) is 5.41 Å². The minimum atomic E-state index is -0.471. The molecule has 2 fully saturated rings. The minimum Gasteiger partial charge on any atom is -0.393 e. The molecule has 3 nitrogen and oxygen atoms in total. The van der Waals surface area contributed by atoms with Gasteiger partial charge in [-0.25, -0.2) is 0 Å². The zero-order valence-electron chi connectivity index (χ0n) is 20.2. The smallest absolute Gasteiger partial charge is 0.118 e. The molecule has 0 aromatic rings. The maximum absolute atomic E-state index is 10.8. The van der Waals surface area contributed by atoms with Crippen molar-refractivity contribution in [2.75, 3.05) is 13.2 Å². The van der Waals surface area contributed by atoms with Crippen molar-refractivity contribution in [2.24, 2.45) is 34.5 Å². The zero-order chi connectivity index (χ0) is 21.7. The highest BCUT2D eigenvalue weighted by Gasteiger charge is 2.65. The van der Waals surface area contributed by atoms with Crippen molar-refractivity contribution in [3.05, 3.63) is 11.1 Å². The highest BCUT2D eigenvalue weighted by Crippen LogP contribution is 2.66. The Balaban J connectivity index is 1.63. The predicted octanol–water partition coefficient (Wildman–Crippen LogP) is 5.88. The van der Waals surface area contributed by atoms with Crippen LogP contribution in [-0.2, 0) is 4.74 Å². The van der Waals surface area contributed by atoms with Gasteiger partial charge in [-0.3, -0.25) is 0 Å². The fraction of sp³-hybridized carbons (Fsp3) is 0.926. The largest absolute Gasteiger partial charge is 0.393 e. The Morgan fingerprint density at radius 1 is 1.03 bits per heavy atom. The van der Waals surface area contributed by atoms with E-state index in [1.807, 2.05) is 0 Å². The highest BCUT2D eigenvalue weighted by molar-refractivity contribution is 5.40. The number of ether oxygens (including phenoxy) is 1. The van der Waals surface area contributed by atoms with Gasteiger partial charge in [0.05, 0.1) is 19.3 Å². The van der Waals surface area contributed by atoms with E-state index in [2.05, 4.69) is 34.6 Å². The fourth-order valence-electron chi connectivity index (χ4n) is 8.15. The number of aliphatic hydroxyl groups excluding tert-OH is 2. The second-order valence-electron chi connectivity index (χ2n) is 12.2. The van der Waals surface area contributed by atoms with E-state index in [4.69, 9.17) is 4.74 Å². The van der Waals surface area contributed by atoms with Gasteiger partial charge in [-0.1, -0.05) is 59.5 Å². The first-order valence-electron chi connectivity index (χ1n) is 12.8. The third kappa shape index (κ3) is 3.33. The van der Waals surface area contributed by atoms with Gasteiger partial charge in [-0.05, 0) is 79.6 Å². The van der Waals surface area contributed by atoms with Crippen molar-refractivity contribution < 1.29 is 14.9 Å². The Morgan fingerprint density at radius 3 is 2.50 bits per heavy atom. The number of hydrogen-bond donors (Lipinski definition) is 2. The number of rotatable bonds is 6. The van der Waals surface area contributed by atoms with Crippen LogP contribution in [0.25, 0.3) is 0 Å². The molecular weight excluding hydrogens is 372 g/mol. The van der Waals surface area contributed by atoms with Crippen molar-refractivity contribution in [3.8, 4) is 0 Å². The number of fused-ring (bicyclic) bond motifs is 4. The second kappa shape index (κ2) is 8.19. The molecule has 0 unspecified atom stereocenters. The summed E-state index contributed by atoms with van der Waals surface area (Å²) in [7, 11) is 0. The summed E-state index contributed by atoms with van der Waals surface area (Å²) in [5, 5.41) is 21.1. The minimum absolute atomic E-state index is 0.0369. The van der Waals surface area contributed by atoms with Crippen LogP contribution >= 0.6 is 0 Å². The van der Waals surface area contributed by atoms with Crippen LogP contribution in [0.15, 0.2) is 11.1 Å². The lowest BCUT2D eigenvalue weighted by Gasteiger charge is -2.58. The summed E-state index contributed by atoms with van der Waals surface area (Å²) in [6.07, 6.45) is 11.2. The van der Waals surface area contributed by atoms with Gasteiger partial charge < -0.3 is 14.9 Å². The molecular formula is C27H46O3. The van der Waals surface area contributed by atoms with Crippen LogP contribution in [0, 0.1) is 34.5 Å². The fourth-order valence-corrected chi connectivity index (χ4v) is 8.15. The van der Waals surface area contributed by atoms with Crippen molar-refractivity contribution in [2.45, 2.75) is 111 Å². The number of aliphatic hydroxyl groups is 2. The molecule has 0 spiro atoms. The van der Waals surface area contributed by atoms with Crippen LogP contribution in [0.3, 0.4) is 0 Å². The molecule has 3 aliphatic carbocycles. The third-order valence-corrected chi connectivity index (χ3v) is 10.2. The summed E-state index contributed by atoms with van der Waals surface area (Å²) >= 11 is 0. The zero-order valence-corrected chi connectivity index (χ0v) is 20.2. The SMILES string of the molecule is CC(C)CCC[C@@H](C)[C@H]1CO[C@]2(CO)C3=C(CC[C@]12C)[C@@]1(C)CC[C@H](O)C[C@@H]1CC3. The topological polar surface area (TPSA) is 49.7 Å². The van der Waals surface area contributed by atoms with Crippen molar-refractivity contribution in [3.63, 3.8) is 0 Å². The molecule has 172 valence electrons. The maximum atomic E-state index is 10.8. The Hall–Kier alpha value is -0.380. The van der Waals surface area contributed by atoms with Crippen LogP contribution in [0.5, 0.6) is 0 Å². The third-order valence-electron chi connectivity index (χ3n) is 10.2. The lowest BCUT2D eigenvalue weighted by molar-refractivity contribution is -0.0896. The summed E-state index contributed by atoms with van der Waals surface area (Å²) in [4.78, 5) is 0. The molecule has 4 rings (SSSR count). The Kier molecular flexibility index (Phi) is 6.23. The van der Waals surface area contributed by atoms with Crippen LogP contribution < -0.4 is 0 Å². The van der Waals surface area contributed by atoms with E-state index in [1.54, 1.807) is 5.57 Å². The van der Waals surface area contributed by atoms with E-state index in [1.165, 1.54) is 24.8 Å². The highest BCUT2D eigenvalue weighted by atomic mass is 16.5. The average Bonchev–Trinajstić information content (AvgIpc) is 3.01. The number of allylic oxidation sites excluding steroid dienone is 1. The van der Waals surface area contributed by atoms with Gasteiger partial charge in [-0.2, -0.15) is 0 Å². The molecule has 1 saturated heterocycles. The summed E-state index contributed by atoms with van der Waals surface area (Å²) in [5.74, 6) is 2.54. The molecule has 0 amide bonds. The first kappa shape index (κ1) is 22.8. The molecule has 1 aliphatic heterocycles. The van der Waals surface area contributed by atoms with Crippen LogP contribution in [0.1, 0.15) is 98.8 Å². The van der Waals surface area contributed by atoms with Crippen molar-refractivity contribution in [1.82, 2.24) is 0 Å². The predicted molar refractivity (Wildman–Crippen MR) is 122 cm³/mol. The standard InChI is InChI=1S/C27H46O3/c1-18(2)7-6-8-19(3)24-16-30-27(17-28)23-10-9-20-15-21(29)11-13-25(20,4)22(23)12-14-26(24,27)5/h18-21,24,28-29H,6-17H2,1-5H3/t19-,20+,21+,24-,25+,26-,27-/m1/s1. The quantitative estimate of drug-likeness (QED) is 0.529. The molecule has 0 bridgehead atoms. The van der Waals surface area contributed by atoms with Crippen LogP contribution in [0.2, 0.25) is 0 Å². The van der Waals surface area contributed by atoms with Gasteiger partial charge in [-0.15, -0.1) is 0 Å². The van der Waals surface area contributed by atoms with Gasteiger partial charge in [0.25, 0.3) is 0 Å². The monoisotopic (exact) mass is 418 g/mol. The number of hydrogen-bond acceptors (Lipinski definition) is 3. The molecule has 1 saturated carbocycles. The summed E-state index contributed by atoms with van der Waals surface area (Å²) < 4.78 is 6.72. The Bertz CT molecular complexity index is 669. The van der Waals surface area contributed by atoms with E-state index in [0.717, 1.165) is 57.5 Å². The van der Waals surface area contributed by atoms with Crippen molar-refractivity contribution in [1.29, 1.82) is 0 Å². The maximum Gasteiger partial charge on any atom is 0.118 e. The molecule has 30 heavy (non-hydrogen) atoms. The summed E-state index contributed by atoms with van der Waals surface area (Å²) in [6, 6.07) is 0. The second-order valence-corrected chi connectivity index (χ2v) is 12.2. The van der Waals surface area contributed by atoms with Gasteiger partial charge >= 0.3 is 0 Å². The van der Waals surface area contributed by atoms with Gasteiger partial charge in [0.2, 0.25) is 0 Å². The van der Waals surface area contributed by atoms with E-state index in [-0.39, 0.29) is 23.5 Å². The molecule has 4 aliphatic rings. The normalized spacial score (nSPS) is 44.6. The lowest BCUT2D eigenvalue weighted by Crippen LogP contribution is -2.56. The molecule has 0 aromatic carbocycles. The molecule has 7 atom stereocenters. The van der Waals surface area contributed by atoms with Crippen molar-refractivity contribution >= 4 is 0 Å². The van der Waals surface area contributed by atoms with E-state index in [0.29, 0.717) is 17.8 Å². The molecule has 3 heteroatoms. The first-order valence-corrected chi connectivity index (χ1v) is 12.8. The first-order chi connectivity index (χ1) is 14.2. The summed E-state index contributed by atoms with van der Waals surface area (Å²) in [5.41, 5.74) is 2.83. The molecule has 0 aromatic heterocycles. The Morgan fingerprint density at radius 2 is 1.80 bits per heavy atom. The Labute approximate surface area is 184 Å².